The summed E-state index contributed by atoms with van der Waals surface area (Å²) in [7, 11) is 0. The molecule has 1 saturated heterocycles. The first-order chi connectivity index (χ1) is 17.2. The topological polar surface area (TPSA) is 62.3 Å². The Hall–Kier alpha value is -2.32. The summed E-state index contributed by atoms with van der Waals surface area (Å²) in [6, 6.07) is 7.27. The molecule has 3 heterocycles. The van der Waals surface area contributed by atoms with Crippen LogP contribution >= 0.6 is 0 Å². The van der Waals surface area contributed by atoms with Gasteiger partial charge in [-0.1, -0.05) is 32.9 Å². The maximum atomic E-state index is 13.2. The van der Waals surface area contributed by atoms with Gasteiger partial charge in [0.2, 0.25) is 5.88 Å². The lowest BCUT2D eigenvalue weighted by molar-refractivity contribution is 0.0783. The number of aryl methyl sites for hydroxylation is 1. The largest absolute Gasteiger partial charge is 0.471 e. The van der Waals surface area contributed by atoms with Gasteiger partial charge in [0.15, 0.2) is 6.61 Å². The molecular formula is C28H39F2N5O. The van der Waals surface area contributed by atoms with Crippen LogP contribution in [-0.2, 0) is 13.0 Å². The summed E-state index contributed by atoms with van der Waals surface area (Å²) in [6.45, 7) is 11.7. The third-order valence-electron chi connectivity index (χ3n) is 8.42. The Bertz CT molecular complexity index is 1090. The van der Waals surface area contributed by atoms with Crippen molar-refractivity contribution in [1.29, 1.82) is 0 Å². The molecule has 196 valence electrons. The van der Waals surface area contributed by atoms with E-state index in [1.807, 2.05) is 0 Å². The number of anilines is 1. The second-order valence-electron chi connectivity index (χ2n) is 11.2. The van der Waals surface area contributed by atoms with Crippen LogP contribution in [0.2, 0.25) is 0 Å². The number of benzene rings is 1. The van der Waals surface area contributed by atoms with E-state index in [4.69, 9.17) is 14.7 Å². The monoisotopic (exact) mass is 499 g/mol. The molecule has 5 unspecified atom stereocenters. The van der Waals surface area contributed by atoms with Crippen molar-refractivity contribution in [1.82, 2.24) is 20.8 Å². The van der Waals surface area contributed by atoms with Crippen LogP contribution in [0.25, 0.3) is 0 Å². The van der Waals surface area contributed by atoms with Gasteiger partial charge in [0.25, 0.3) is 6.43 Å². The van der Waals surface area contributed by atoms with Crippen LogP contribution in [0.5, 0.6) is 5.88 Å². The molecule has 2 aliphatic heterocycles. The van der Waals surface area contributed by atoms with Gasteiger partial charge in [-0.3, -0.25) is 10.9 Å². The number of aromatic nitrogens is 2. The number of halogens is 2. The first kappa shape index (κ1) is 25.3. The van der Waals surface area contributed by atoms with Crippen molar-refractivity contribution in [2.24, 2.45) is 11.8 Å². The van der Waals surface area contributed by atoms with Crippen molar-refractivity contribution >= 4 is 5.69 Å². The van der Waals surface area contributed by atoms with Gasteiger partial charge in [0.1, 0.15) is 5.82 Å². The molecule has 1 aliphatic carbocycles. The molecular weight excluding hydrogens is 460 g/mol. The molecule has 2 aromatic rings. The van der Waals surface area contributed by atoms with Gasteiger partial charge < -0.3 is 9.64 Å². The number of hydrazine groups is 1. The fraction of sp³-hybridized carbons (Fsp3) is 0.643. The van der Waals surface area contributed by atoms with Crippen molar-refractivity contribution < 1.29 is 13.5 Å². The molecule has 6 nitrogen and oxygen atoms in total. The number of ether oxygens (including phenoxy) is 1. The van der Waals surface area contributed by atoms with Gasteiger partial charge in [0.05, 0.1) is 17.8 Å². The Morgan fingerprint density at radius 3 is 2.69 bits per heavy atom. The minimum Gasteiger partial charge on any atom is -0.471 e. The van der Waals surface area contributed by atoms with Crippen LogP contribution in [0.3, 0.4) is 0 Å². The lowest BCUT2D eigenvalue weighted by Gasteiger charge is -2.39. The quantitative estimate of drug-likeness (QED) is 0.576. The Kier molecular flexibility index (Phi) is 7.18. The zero-order valence-electron chi connectivity index (χ0n) is 22.0. The lowest BCUT2D eigenvalue weighted by Crippen LogP contribution is -2.41. The van der Waals surface area contributed by atoms with Gasteiger partial charge in [-0.15, -0.1) is 0 Å². The van der Waals surface area contributed by atoms with Crippen LogP contribution in [0.4, 0.5) is 14.5 Å². The number of nitrogens with zero attached hydrogens (tertiary/aromatic N) is 3. The summed E-state index contributed by atoms with van der Waals surface area (Å²) in [6.07, 6.45) is 0.385. The number of rotatable bonds is 6. The highest BCUT2D eigenvalue weighted by Crippen LogP contribution is 2.45. The van der Waals surface area contributed by atoms with E-state index in [2.05, 4.69) is 68.6 Å². The number of hydrogen-bond acceptors (Lipinski definition) is 6. The molecule has 5 rings (SSSR count). The Labute approximate surface area is 213 Å². The number of nitrogens with one attached hydrogen (secondary N) is 2. The van der Waals surface area contributed by atoms with E-state index in [0.717, 1.165) is 42.9 Å². The molecule has 1 aromatic heterocycles. The van der Waals surface area contributed by atoms with Gasteiger partial charge in [-0.05, 0) is 55.7 Å². The number of hydrogen-bond donors (Lipinski definition) is 2. The molecule has 2 N–H and O–H groups in total. The van der Waals surface area contributed by atoms with E-state index >= 15 is 0 Å². The molecule has 8 heteroatoms. The second kappa shape index (κ2) is 10.2. The molecule has 0 radical (unpaired) electrons. The lowest BCUT2D eigenvalue weighted by atomic mass is 9.68. The van der Waals surface area contributed by atoms with Gasteiger partial charge in [-0.2, -0.15) is 4.98 Å². The zero-order chi connectivity index (χ0) is 25.6. The van der Waals surface area contributed by atoms with Crippen molar-refractivity contribution in [3.05, 3.63) is 46.4 Å². The summed E-state index contributed by atoms with van der Waals surface area (Å²) < 4.78 is 32.1. The Balaban J connectivity index is 1.51. The van der Waals surface area contributed by atoms with Crippen LogP contribution in [-0.4, -0.2) is 41.6 Å². The normalized spacial score (nSPS) is 27.9. The number of alkyl halides is 2. The highest BCUT2D eigenvalue weighted by atomic mass is 19.3. The zero-order valence-corrected chi connectivity index (χ0v) is 22.0. The van der Waals surface area contributed by atoms with Crippen LogP contribution in [0, 0.1) is 18.8 Å². The molecule has 36 heavy (non-hydrogen) atoms. The van der Waals surface area contributed by atoms with Crippen molar-refractivity contribution in [3.63, 3.8) is 0 Å². The van der Waals surface area contributed by atoms with E-state index in [-0.39, 0.29) is 5.92 Å². The predicted molar refractivity (Wildman–Crippen MR) is 138 cm³/mol. The minimum atomic E-state index is -2.55. The summed E-state index contributed by atoms with van der Waals surface area (Å²) in [5.74, 6) is 2.45. The fourth-order valence-electron chi connectivity index (χ4n) is 6.38. The van der Waals surface area contributed by atoms with Gasteiger partial charge in [0, 0.05) is 42.6 Å². The minimum absolute atomic E-state index is 0.156. The molecule has 0 bridgehead atoms. The first-order valence-corrected chi connectivity index (χ1v) is 13.4. The third-order valence-corrected chi connectivity index (χ3v) is 8.42. The first-order valence-electron chi connectivity index (χ1n) is 13.4. The Morgan fingerprint density at radius 1 is 1.14 bits per heavy atom. The van der Waals surface area contributed by atoms with Crippen LogP contribution in [0.15, 0.2) is 18.2 Å². The van der Waals surface area contributed by atoms with Gasteiger partial charge >= 0.3 is 0 Å². The van der Waals surface area contributed by atoms with E-state index in [9.17, 15) is 8.78 Å². The highest BCUT2D eigenvalue weighted by molar-refractivity contribution is 5.57. The maximum Gasteiger partial charge on any atom is 0.272 e. The molecule has 0 spiro atoms. The summed E-state index contributed by atoms with van der Waals surface area (Å²) >= 11 is 0. The molecule has 3 aliphatic rings. The van der Waals surface area contributed by atoms with Gasteiger partial charge in [-0.25, -0.2) is 13.8 Å². The van der Waals surface area contributed by atoms with Crippen molar-refractivity contribution in [2.75, 3.05) is 18.1 Å². The average Bonchev–Trinajstić information content (AvgIpc) is 3.22. The number of fused-ring (bicyclic) bond motifs is 2. The second-order valence-corrected chi connectivity index (χ2v) is 11.2. The molecule has 1 aromatic carbocycles. The van der Waals surface area contributed by atoms with Crippen molar-refractivity contribution in [3.8, 4) is 5.88 Å². The van der Waals surface area contributed by atoms with E-state index in [1.165, 1.54) is 16.8 Å². The average molecular weight is 500 g/mol. The predicted octanol–water partition coefficient (Wildman–Crippen LogP) is 5.11. The third kappa shape index (κ3) is 4.82. The maximum absolute atomic E-state index is 13.2. The summed E-state index contributed by atoms with van der Waals surface area (Å²) in [5, 5.41) is 0. The molecule has 2 fully saturated rings. The van der Waals surface area contributed by atoms with E-state index < -0.39 is 13.0 Å². The molecule has 1 saturated carbocycles. The van der Waals surface area contributed by atoms with E-state index in [1.54, 1.807) is 0 Å². The smallest absolute Gasteiger partial charge is 0.272 e. The molecule has 0 amide bonds. The van der Waals surface area contributed by atoms with Crippen LogP contribution < -0.4 is 20.5 Å². The SMILES string of the molecule is Cc1ccc(C(C)C)cc1N1CCc2nc(C3C(C)CCC4NNC(C)C43)nc(OCC(F)F)c2C1. The summed E-state index contributed by atoms with van der Waals surface area (Å²) in [5.41, 5.74) is 12.3. The van der Waals surface area contributed by atoms with Crippen molar-refractivity contribution in [2.45, 2.75) is 90.8 Å². The highest BCUT2D eigenvalue weighted by Gasteiger charge is 2.46. The Morgan fingerprint density at radius 2 is 1.94 bits per heavy atom. The fourth-order valence-corrected chi connectivity index (χ4v) is 6.38. The standard InChI is InChI=1S/C28H39F2N5O/c1-15(2)19-8-6-16(3)23(12-19)35-11-10-21-20(13-35)28(36-14-24(29)30)32-27(31-21)25-17(4)7-9-22-26(25)18(5)33-34-22/h6,8,12,15,17-18,22,24-26,33-34H,7,9-11,13-14H2,1-5H3. The molecule has 5 atom stereocenters. The summed E-state index contributed by atoms with van der Waals surface area (Å²) in [4.78, 5) is 12.3. The van der Waals surface area contributed by atoms with E-state index in [0.29, 0.717) is 42.3 Å². The van der Waals surface area contributed by atoms with Crippen LogP contribution in [0.1, 0.15) is 80.6 Å².